The van der Waals surface area contributed by atoms with E-state index < -0.39 is 0 Å². The number of carbonyl (C=O) groups is 1. The maximum Gasteiger partial charge on any atom is 0.255 e. The van der Waals surface area contributed by atoms with Crippen molar-refractivity contribution in [3.8, 4) is 0 Å². The summed E-state index contributed by atoms with van der Waals surface area (Å²) < 4.78 is 0. The molecule has 0 aromatic carbocycles. The average Bonchev–Trinajstić information content (AvgIpc) is 2.70. The molecular weight excluding hydrogens is 228 g/mol. The largest absolute Gasteiger partial charge is 0.349 e. The summed E-state index contributed by atoms with van der Waals surface area (Å²) in [6, 6.07) is 0.300. The molecule has 1 saturated heterocycles. The molecule has 1 aromatic heterocycles. The number of hydrogen-bond donors (Lipinski definition) is 2. The molecule has 0 spiro atoms. The van der Waals surface area contributed by atoms with Crippen LogP contribution in [0, 0.1) is 13.8 Å². The molecule has 0 atom stereocenters. The summed E-state index contributed by atoms with van der Waals surface area (Å²) in [7, 11) is 0. The Bertz CT molecular complexity index is 399. The van der Waals surface area contributed by atoms with Crippen LogP contribution in [0.15, 0.2) is 0 Å². The molecule has 1 fully saturated rings. The maximum absolute atomic E-state index is 12.2. The van der Waals surface area contributed by atoms with E-state index in [1.165, 1.54) is 0 Å². The second-order valence-corrected chi connectivity index (χ2v) is 4.99. The molecule has 1 aliphatic heterocycles. The van der Waals surface area contributed by atoms with Crippen molar-refractivity contribution in [3.63, 3.8) is 0 Å². The second-order valence-electron chi connectivity index (χ2n) is 4.99. The molecule has 2 heterocycles. The Morgan fingerprint density at radius 1 is 1.44 bits per heavy atom. The number of amides is 1. The number of hydrogen-bond acceptors (Lipinski definition) is 3. The van der Waals surface area contributed by atoms with Gasteiger partial charge in [-0.2, -0.15) is 5.10 Å². The number of likely N-dealkylation sites (tertiary alicyclic amines) is 1. The lowest BCUT2D eigenvalue weighted by Gasteiger charge is -2.31. The minimum absolute atomic E-state index is 0.00805. The highest BCUT2D eigenvalue weighted by Gasteiger charge is 2.22. The number of aromatic amines is 1. The minimum Gasteiger partial charge on any atom is -0.349 e. The summed E-state index contributed by atoms with van der Waals surface area (Å²) in [6.45, 7) is 9.17. The number of piperidine rings is 1. The highest BCUT2D eigenvalue weighted by atomic mass is 16.1. The Morgan fingerprint density at radius 3 is 2.61 bits per heavy atom. The summed E-state index contributed by atoms with van der Waals surface area (Å²) in [5.41, 5.74) is 2.32. The quantitative estimate of drug-likeness (QED) is 0.848. The minimum atomic E-state index is 0.00805. The van der Waals surface area contributed by atoms with Gasteiger partial charge in [0.25, 0.3) is 5.91 Å². The van der Waals surface area contributed by atoms with Crippen molar-refractivity contribution in [1.82, 2.24) is 20.4 Å². The van der Waals surface area contributed by atoms with Crippen molar-refractivity contribution in [3.05, 3.63) is 17.0 Å². The predicted molar refractivity (Wildman–Crippen MR) is 70.7 cm³/mol. The summed E-state index contributed by atoms with van der Waals surface area (Å²) in [4.78, 5) is 14.6. The molecule has 2 N–H and O–H groups in total. The van der Waals surface area contributed by atoms with Gasteiger partial charge < -0.3 is 10.2 Å². The highest BCUT2D eigenvalue weighted by Crippen LogP contribution is 2.13. The van der Waals surface area contributed by atoms with E-state index in [1.54, 1.807) is 0 Å². The molecule has 0 unspecified atom stereocenters. The van der Waals surface area contributed by atoms with E-state index in [0.29, 0.717) is 11.6 Å². The van der Waals surface area contributed by atoms with Crippen molar-refractivity contribution < 1.29 is 4.79 Å². The van der Waals surface area contributed by atoms with Gasteiger partial charge in [-0.05, 0) is 33.2 Å². The van der Waals surface area contributed by atoms with Gasteiger partial charge in [0, 0.05) is 24.8 Å². The van der Waals surface area contributed by atoms with E-state index in [9.17, 15) is 4.79 Å². The van der Waals surface area contributed by atoms with Gasteiger partial charge >= 0.3 is 0 Å². The lowest BCUT2D eigenvalue weighted by atomic mass is 10.0. The van der Waals surface area contributed by atoms with Crippen LogP contribution in [0.25, 0.3) is 0 Å². The van der Waals surface area contributed by atoms with E-state index in [-0.39, 0.29) is 5.91 Å². The molecule has 0 aliphatic carbocycles. The van der Waals surface area contributed by atoms with Crippen molar-refractivity contribution in [2.24, 2.45) is 0 Å². The average molecular weight is 250 g/mol. The van der Waals surface area contributed by atoms with Gasteiger partial charge in [0.05, 0.1) is 11.3 Å². The third-order valence-corrected chi connectivity index (χ3v) is 3.73. The van der Waals surface area contributed by atoms with Crippen LogP contribution >= 0.6 is 0 Å². The van der Waals surface area contributed by atoms with Gasteiger partial charge in [-0.25, -0.2) is 0 Å². The fraction of sp³-hybridized carbons (Fsp3) is 0.692. The Kier molecular flexibility index (Phi) is 4.01. The number of rotatable bonds is 3. The lowest BCUT2D eigenvalue weighted by Crippen LogP contribution is -2.44. The van der Waals surface area contributed by atoms with E-state index in [2.05, 4.69) is 27.3 Å². The monoisotopic (exact) mass is 250 g/mol. The SMILES string of the molecule is CCN1CCC(NC(=O)c2c(C)n[nH]c2C)CC1. The van der Waals surface area contributed by atoms with Crippen molar-refractivity contribution in [2.45, 2.75) is 39.7 Å². The van der Waals surface area contributed by atoms with Crippen LogP contribution in [-0.2, 0) is 0 Å². The van der Waals surface area contributed by atoms with Gasteiger partial charge in [-0.15, -0.1) is 0 Å². The van der Waals surface area contributed by atoms with Crippen LogP contribution in [0.3, 0.4) is 0 Å². The van der Waals surface area contributed by atoms with E-state index in [4.69, 9.17) is 0 Å². The van der Waals surface area contributed by atoms with E-state index >= 15 is 0 Å². The van der Waals surface area contributed by atoms with Crippen molar-refractivity contribution in [1.29, 1.82) is 0 Å². The van der Waals surface area contributed by atoms with Crippen LogP contribution in [0.5, 0.6) is 0 Å². The lowest BCUT2D eigenvalue weighted by molar-refractivity contribution is 0.0911. The molecule has 1 aliphatic rings. The molecule has 1 aromatic rings. The molecule has 0 bridgehead atoms. The molecule has 0 saturated carbocycles. The molecule has 0 radical (unpaired) electrons. The third kappa shape index (κ3) is 2.72. The second kappa shape index (κ2) is 5.52. The summed E-state index contributed by atoms with van der Waals surface area (Å²) in [6.07, 6.45) is 2.07. The molecule has 1 amide bonds. The standard InChI is InChI=1S/C13H22N4O/c1-4-17-7-5-11(6-8-17)14-13(18)12-9(2)15-16-10(12)3/h11H,4-8H2,1-3H3,(H,14,18)(H,15,16). The van der Waals surface area contributed by atoms with Crippen molar-refractivity contribution >= 4 is 5.91 Å². The van der Waals surface area contributed by atoms with Crippen LogP contribution in [0.4, 0.5) is 0 Å². The zero-order valence-electron chi connectivity index (χ0n) is 11.4. The Labute approximate surface area is 108 Å². The molecule has 5 nitrogen and oxygen atoms in total. The molecule has 5 heteroatoms. The van der Waals surface area contributed by atoms with Crippen LogP contribution in [0.2, 0.25) is 0 Å². The number of H-pyrrole nitrogens is 1. The van der Waals surface area contributed by atoms with E-state index in [0.717, 1.165) is 43.9 Å². The van der Waals surface area contributed by atoms with Gasteiger partial charge in [-0.3, -0.25) is 9.89 Å². The number of carbonyl (C=O) groups excluding carboxylic acids is 1. The Hall–Kier alpha value is -1.36. The van der Waals surface area contributed by atoms with E-state index in [1.807, 2.05) is 13.8 Å². The number of nitrogens with one attached hydrogen (secondary N) is 2. The van der Waals surface area contributed by atoms with Gasteiger partial charge in [0.15, 0.2) is 0 Å². The summed E-state index contributed by atoms with van der Waals surface area (Å²) >= 11 is 0. The fourth-order valence-electron chi connectivity index (χ4n) is 2.54. The van der Waals surface area contributed by atoms with Gasteiger partial charge in [0.2, 0.25) is 0 Å². The zero-order valence-corrected chi connectivity index (χ0v) is 11.4. The zero-order chi connectivity index (χ0) is 13.1. The maximum atomic E-state index is 12.2. The first kappa shape index (κ1) is 13.1. The Balaban J connectivity index is 1.93. The highest BCUT2D eigenvalue weighted by molar-refractivity contribution is 5.96. The number of nitrogens with zero attached hydrogens (tertiary/aromatic N) is 2. The third-order valence-electron chi connectivity index (χ3n) is 3.73. The first-order valence-corrected chi connectivity index (χ1v) is 6.66. The first-order chi connectivity index (χ1) is 8.61. The molecule has 2 rings (SSSR count). The number of aryl methyl sites for hydroxylation is 2. The summed E-state index contributed by atoms with van der Waals surface area (Å²) in [5, 5.41) is 10.0. The topological polar surface area (TPSA) is 61.0 Å². The van der Waals surface area contributed by atoms with Gasteiger partial charge in [0.1, 0.15) is 0 Å². The van der Waals surface area contributed by atoms with Crippen LogP contribution in [0.1, 0.15) is 41.5 Å². The number of aromatic nitrogens is 2. The first-order valence-electron chi connectivity index (χ1n) is 6.66. The normalized spacial score (nSPS) is 17.9. The summed E-state index contributed by atoms with van der Waals surface area (Å²) in [5.74, 6) is 0.00805. The molecular formula is C13H22N4O. The van der Waals surface area contributed by atoms with Crippen LogP contribution in [-0.4, -0.2) is 46.7 Å². The predicted octanol–water partition coefficient (Wildman–Crippen LogP) is 1.24. The molecule has 100 valence electrons. The fourth-order valence-corrected chi connectivity index (χ4v) is 2.54. The smallest absolute Gasteiger partial charge is 0.255 e. The van der Waals surface area contributed by atoms with Crippen molar-refractivity contribution in [2.75, 3.05) is 19.6 Å². The van der Waals surface area contributed by atoms with Gasteiger partial charge in [-0.1, -0.05) is 6.92 Å². The Morgan fingerprint density at radius 2 is 2.11 bits per heavy atom. The van der Waals surface area contributed by atoms with Crippen LogP contribution < -0.4 is 5.32 Å². The molecule has 18 heavy (non-hydrogen) atoms.